The molecule has 0 radical (unpaired) electrons. The van der Waals surface area contributed by atoms with Crippen molar-refractivity contribution in [2.75, 3.05) is 13.2 Å². The van der Waals surface area contributed by atoms with Crippen LogP contribution < -0.4 is 8.86 Å². The summed E-state index contributed by atoms with van der Waals surface area (Å²) in [7, 11) is -10.7. The molecule has 1 aliphatic heterocycles. The van der Waals surface area contributed by atoms with Crippen LogP contribution in [0.4, 0.5) is 13.2 Å². The van der Waals surface area contributed by atoms with E-state index in [2.05, 4.69) is 0 Å². The van der Waals surface area contributed by atoms with Gasteiger partial charge in [0.2, 0.25) is 10.0 Å². The molecular formula is C11H12F3NO6S2. The summed E-state index contributed by atoms with van der Waals surface area (Å²) in [6.07, 6.45) is 0.0341. The van der Waals surface area contributed by atoms with Crippen molar-refractivity contribution in [3.05, 3.63) is 29.8 Å². The third kappa shape index (κ3) is 5.34. The number of benzene rings is 1. The average molecular weight is 375 g/mol. The van der Waals surface area contributed by atoms with Crippen LogP contribution in [0.25, 0.3) is 0 Å². The lowest BCUT2D eigenvalue weighted by molar-refractivity contribution is -0.0441. The molecule has 1 N–H and O–H groups in total. The lowest BCUT2D eigenvalue weighted by Gasteiger charge is -2.10. The van der Waals surface area contributed by atoms with Crippen molar-refractivity contribution in [3.63, 3.8) is 0 Å². The summed E-state index contributed by atoms with van der Waals surface area (Å²) in [5.41, 5.74) is -5.60. The minimum atomic E-state index is -5.97. The van der Waals surface area contributed by atoms with Crippen molar-refractivity contribution >= 4 is 20.0 Å². The Hall–Kier alpha value is -1.37. The van der Waals surface area contributed by atoms with Crippen molar-refractivity contribution in [1.82, 2.24) is 4.13 Å². The maximum absolute atomic E-state index is 12.2. The smallest absolute Gasteiger partial charge is 0.491 e. The predicted molar refractivity (Wildman–Crippen MR) is 72.4 cm³/mol. The molecule has 23 heavy (non-hydrogen) atoms. The number of rotatable bonds is 7. The minimum absolute atomic E-state index is 0.0341. The fraction of sp³-hybridized carbons (Fsp3) is 0.455. The Morgan fingerprint density at radius 3 is 2.22 bits per heavy atom. The van der Waals surface area contributed by atoms with Gasteiger partial charge in [0.05, 0.1) is 12.4 Å². The quantitative estimate of drug-likeness (QED) is 0.705. The number of nitrogens with one attached hydrogen (secondary N) is 1. The molecule has 7 nitrogen and oxygen atoms in total. The van der Waals surface area contributed by atoms with Gasteiger partial charge in [0, 0.05) is 0 Å². The van der Waals surface area contributed by atoms with Gasteiger partial charge < -0.3 is 9.47 Å². The fourth-order valence-corrected chi connectivity index (χ4v) is 4.08. The summed E-state index contributed by atoms with van der Waals surface area (Å²) in [6, 6.07) is 5.46. The summed E-state index contributed by atoms with van der Waals surface area (Å²) in [5.74, 6) is -0.494. The summed E-state index contributed by atoms with van der Waals surface area (Å²) in [6.45, 7) is 0.943. The molecule has 0 amide bonds. The molecular weight excluding hydrogens is 363 g/mol. The lowest BCUT2D eigenvalue weighted by Crippen LogP contribution is -2.40. The van der Waals surface area contributed by atoms with Crippen LogP contribution in [0.2, 0.25) is 0 Å². The lowest BCUT2D eigenvalue weighted by atomic mass is 10.2. The summed E-state index contributed by atoms with van der Waals surface area (Å²) < 4.78 is 92.1. The van der Waals surface area contributed by atoms with Crippen molar-refractivity contribution in [2.24, 2.45) is 0 Å². The monoisotopic (exact) mass is 375 g/mol. The number of alkyl halides is 3. The van der Waals surface area contributed by atoms with Crippen molar-refractivity contribution < 1.29 is 39.5 Å². The number of epoxide rings is 1. The van der Waals surface area contributed by atoms with Crippen molar-refractivity contribution in [1.29, 1.82) is 0 Å². The molecule has 1 heterocycles. The largest absolute Gasteiger partial charge is 0.512 e. The topological polar surface area (TPSA) is 102 Å². The van der Waals surface area contributed by atoms with Crippen LogP contribution in [0.5, 0.6) is 5.75 Å². The van der Waals surface area contributed by atoms with E-state index in [4.69, 9.17) is 9.47 Å². The van der Waals surface area contributed by atoms with Crippen LogP contribution in [0.1, 0.15) is 5.56 Å². The second kappa shape index (κ2) is 6.26. The molecule has 1 unspecified atom stereocenters. The standard InChI is InChI=1S/C11H12F3NO6S2/c12-11(13,14)23(18,19)15-22(16,17)7-8-1-3-9(4-2-8)20-5-10-6-21-10/h1-4,10,15H,5-7H2. The first-order valence-corrected chi connectivity index (χ1v) is 9.28. The van der Waals surface area contributed by atoms with E-state index in [1.54, 1.807) is 0 Å². The molecule has 1 aliphatic rings. The van der Waals surface area contributed by atoms with Gasteiger partial charge in [0.15, 0.2) is 0 Å². The molecule has 130 valence electrons. The van der Waals surface area contributed by atoms with Crippen LogP contribution in [0.15, 0.2) is 24.3 Å². The number of sulfonamides is 2. The predicted octanol–water partition coefficient (Wildman–Crippen LogP) is 0.733. The first-order chi connectivity index (χ1) is 10.5. The molecule has 0 saturated carbocycles. The molecule has 12 heteroatoms. The van der Waals surface area contributed by atoms with Crippen LogP contribution in [0, 0.1) is 0 Å². The molecule has 0 bridgehead atoms. The molecule has 1 saturated heterocycles. The summed E-state index contributed by atoms with van der Waals surface area (Å²) in [4.78, 5) is 0. The third-order valence-corrected chi connectivity index (χ3v) is 5.88. The molecule has 0 spiro atoms. The molecule has 1 atom stereocenters. The van der Waals surface area contributed by atoms with E-state index in [0.717, 1.165) is 0 Å². The highest BCUT2D eigenvalue weighted by atomic mass is 32.3. The second-order valence-corrected chi connectivity index (χ2v) is 8.36. The Labute approximate surface area is 130 Å². The van der Waals surface area contributed by atoms with Gasteiger partial charge in [-0.25, -0.2) is 16.8 Å². The van der Waals surface area contributed by atoms with E-state index in [0.29, 0.717) is 23.1 Å². The van der Waals surface area contributed by atoms with Gasteiger partial charge in [0.25, 0.3) is 0 Å². The average Bonchev–Trinajstić information content (AvgIpc) is 3.18. The summed E-state index contributed by atoms with van der Waals surface area (Å²) in [5, 5.41) is 0. The Bertz CT molecular complexity index is 754. The van der Waals surface area contributed by atoms with E-state index < -0.39 is 31.3 Å². The molecule has 1 aromatic carbocycles. The van der Waals surface area contributed by atoms with E-state index >= 15 is 0 Å². The minimum Gasteiger partial charge on any atom is -0.491 e. The van der Waals surface area contributed by atoms with Gasteiger partial charge in [-0.2, -0.15) is 13.2 Å². The molecule has 2 rings (SSSR count). The van der Waals surface area contributed by atoms with Crippen molar-refractivity contribution in [2.45, 2.75) is 17.4 Å². The van der Waals surface area contributed by atoms with E-state index in [1.807, 2.05) is 0 Å². The van der Waals surface area contributed by atoms with Crippen LogP contribution >= 0.6 is 0 Å². The highest BCUT2D eigenvalue weighted by Gasteiger charge is 2.48. The van der Waals surface area contributed by atoms with Crippen LogP contribution in [-0.2, 0) is 30.5 Å². The van der Waals surface area contributed by atoms with Crippen LogP contribution in [-0.4, -0.2) is 41.7 Å². The first kappa shape index (κ1) is 18.0. The van der Waals surface area contributed by atoms with Gasteiger partial charge in [-0.15, -0.1) is 4.13 Å². The Morgan fingerprint density at radius 2 is 1.74 bits per heavy atom. The zero-order chi connectivity index (χ0) is 17.3. The Kier molecular flexibility index (Phi) is 4.89. The summed E-state index contributed by atoms with van der Waals surface area (Å²) >= 11 is 0. The third-order valence-electron chi connectivity index (χ3n) is 2.66. The highest BCUT2D eigenvalue weighted by Crippen LogP contribution is 2.23. The normalized spacial score (nSPS) is 18.7. The van der Waals surface area contributed by atoms with Crippen molar-refractivity contribution in [3.8, 4) is 5.75 Å². The van der Waals surface area contributed by atoms with Gasteiger partial charge in [0.1, 0.15) is 18.5 Å². The van der Waals surface area contributed by atoms with E-state index in [9.17, 15) is 30.0 Å². The number of hydrogen-bond donors (Lipinski definition) is 1. The molecule has 1 aromatic rings. The Morgan fingerprint density at radius 1 is 1.17 bits per heavy atom. The number of hydrogen-bond acceptors (Lipinski definition) is 6. The first-order valence-electron chi connectivity index (χ1n) is 6.14. The fourth-order valence-electron chi connectivity index (χ4n) is 1.50. The second-order valence-electron chi connectivity index (χ2n) is 4.70. The zero-order valence-corrected chi connectivity index (χ0v) is 13.0. The SMILES string of the molecule is O=S(=O)(Cc1ccc(OCC2CO2)cc1)NS(=O)(=O)C(F)(F)F. The van der Waals surface area contributed by atoms with E-state index in [1.165, 1.54) is 24.3 Å². The van der Waals surface area contributed by atoms with Gasteiger partial charge in [-0.3, -0.25) is 0 Å². The van der Waals surface area contributed by atoms with Crippen LogP contribution in [0.3, 0.4) is 0 Å². The highest BCUT2D eigenvalue weighted by molar-refractivity contribution is 8.04. The number of ether oxygens (including phenoxy) is 2. The van der Waals surface area contributed by atoms with Gasteiger partial charge in [-0.05, 0) is 17.7 Å². The van der Waals surface area contributed by atoms with Gasteiger partial charge in [-0.1, -0.05) is 12.1 Å². The van der Waals surface area contributed by atoms with E-state index in [-0.39, 0.29) is 11.7 Å². The van der Waals surface area contributed by atoms with Gasteiger partial charge >= 0.3 is 15.5 Å². The Balaban J connectivity index is 1.99. The number of halogens is 3. The molecule has 0 aromatic heterocycles. The maximum atomic E-state index is 12.2. The zero-order valence-electron chi connectivity index (χ0n) is 11.4. The molecule has 1 fully saturated rings. The molecule has 0 aliphatic carbocycles. The maximum Gasteiger partial charge on any atom is 0.512 e.